The Morgan fingerprint density at radius 2 is 2.15 bits per heavy atom. The number of carbonyl (C=O) groups is 1. The Labute approximate surface area is 118 Å². The number of hydrogen-bond donors (Lipinski definition) is 1. The van der Waals surface area contributed by atoms with Gasteiger partial charge in [0.15, 0.2) is 11.5 Å². The van der Waals surface area contributed by atoms with Crippen molar-refractivity contribution in [1.82, 2.24) is 15.5 Å². The molecule has 0 radical (unpaired) electrons. The first-order valence-corrected chi connectivity index (χ1v) is 7.31. The van der Waals surface area contributed by atoms with Crippen LogP contribution in [0, 0.1) is 0 Å². The van der Waals surface area contributed by atoms with E-state index >= 15 is 0 Å². The normalized spacial score (nSPS) is 22.2. The van der Waals surface area contributed by atoms with Gasteiger partial charge >= 0.3 is 0 Å². The van der Waals surface area contributed by atoms with Crippen molar-refractivity contribution >= 4 is 11.7 Å². The summed E-state index contributed by atoms with van der Waals surface area (Å²) in [6.45, 7) is 3.40. The van der Waals surface area contributed by atoms with E-state index < -0.39 is 0 Å². The molecule has 2 aliphatic heterocycles. The van der Waals surface area contributed by atoms with Gasteiger partial charge in [0.05, 0.1) is 6.10 Å². The minimum atomic E-state index is -0.180. The van der Waals surface area contributed by atoms with Crippen LogP contribution in [-0.2, 0) is 4.74 Å². The third-order valence-electron chi connectivity index (χ3n) is 3.83. The molecule has 2 aliphatic rings. The van der Waals surface area contributed by atoms with Crippen LogP contribution >= 0.6 is 0 Å². The van der Waals surface area contributed by atoms with Crippen LogP contribution in [0.1, 0.15) is 36.2 Å². The van der Waals surface area contributed by atoms with Gasteiger partial charge in [-0.1, -0.05) is 0 Å². The van der Waals surface area contributed by atoms with E-state index in [2.05, 4.69) is 20.4 Å². The molecule has 2 fully saturated rings. The van der Waals surface area contributed by atoms with Crippen LogP contribution in [0.2, 0.25) is 0 Å². The van der Waals surface area contributed by atoms with Crippen LogP contribution in [-0.4, -0.2) is 48.4 Å². The molecule has 1 amide bonds. The van der Waals surface area contributed by atoms with Crippen molar-refractivity contribution in [2.45, 2.75) is 31.8 Å². The number of nitrogens with one attached hydrogen (secondary N) is 1. The van der Waals surface area contributed by atoms with Crippen LogP contribution in [0.4, 0.5) is 5.82 Å². The summed E-state index contributed by atoms with van der Waals surface area (Å²) < 4.78 is 5.47. The summed E-state index contributed by atoms with van der Waals surface area (Å²) in [6.07, 6.45) is 4.64. The third kappa shape index (κ3) is 3.07. The van der Waals surface area contributed by atoms with Crippen molar-refractivity contribution in [3.63, 3.8) is 0 Å². The van der Waals surface area contributed by atoms with Crippen molar-refractivity contribution in [3.05, 3.63) is 17.8 Å². The predicted octanol–water partition coefficient (Wildman–Crippen LogP) is 0.986. The SMILES string of the molecule is O=C(NCC1CCCO1)c1ccc(N2CCCC2)nn1. The first-order valence-electron chi connectivity index (χ1n) is 7.31. The fourth-order valence-electron chi connectivity index (χ4n) is 2.66. The fourth-order valence-corrected chi connectivity index (χ4v) is 2.66. The topological polar surface area (TPSA) is 67.3 Å². The molecule has 1 aromatic heterocycles. The minimum Gasteiger partial charge on any atom is -0.376 e. The predicted molar refractivity (Wildman–Crippen MR) is 74.8 cm³/mol. The zero-order chi connectivity index (χ0) is 13.8. The standard InChI is InChI=1S/C14H20N4O2/c19-14(15-10-11-4-3-9-20-11)12-5-6-13(17-16-12)18-7-1-2-8-18/h5-6,11H,1-4,7-10H2,(H,15,19). The monoisotopic (exact) mass is 276 g/mol. The maximum Gasteiger partial charge on any atom is 0.271 e. The second-order valence-corrected chi connectivity index (χ2v) is 5.32. The molecule has 1 N–H and O–H groups in total. The first-order chi connectivity index (χ1) is 9.83. The van der Waals surface area contributed by atoms with Gasteiger partial charge in [-0.2, -0.15) is 0 Å². The maximum atomic E-state index is 12.0. The molecular formula is C14H20N4O2. The van der Waals surface area contributed by atoms with Gasteiger partial charge in [-0.15, -0.1) is 10.2 Å². The Balaban J connectivity index is 1.54. The smallest absolute Gasteiger partial charge is 0.271 e. The van der Waals surface area contributed by atoms with Crippen LogP contribution in [0.25, 0.3) is 0 Å². The van der Waals surface area contributed by atoms with E-state index in [0.717, 1.165) is 38.4 Å². The number of ether oxygens (including phenoxy) is 1. The lowest BCUT2D eigenvalue weighted by atomic mass is 10.2. The van der Waals surface area contributed by atoms with Gasteiger partial charge in [0, 0.05) is 26.2 Å². The van der Waals surface area contributed by atoms with E-state index in [9.17, 15) is 4.79 Å². The second kappa shape index (κ2) is 6.17. The van der Waals surface area contributed by atoms with E-state index in [1.807, 2.05) is 6.07 Å². The molecule has 1 unspecified atom stereocenters. The van der Waals surface area contributed by atoms with Gasteiger partial charge in [-0.05, 0) is 37.8 Å². The Hall–Kier alpha value is -1.69. The van der Waals surface area contributed by atoms with Crippen molar-refractivity contribution < 1.29 is 9.53 Å². The van der Waals surface area contributed by atoms with E-state index in [4.69, 9.17) is 4.74 Å². The highest BCUT2D eigenvalue weighted by Gasteiger charge is 2.18. The molecule has 20 heavy (non-hydrogen) atoms. The maximum absolute atomic E-state index is 12.0. The molecule has 0 spiro atoms. The van der Waals surface area contributed by atoms with Gasteiger partial charge in [0.2, 0.25) is 0 Å². The minimum absolute atomic E-state index is 0.149. The van der Waals surface area contributed by atoms with E-state index in [1.165, 1.54) is 12.8 Å². The molecule has 0 saturated carbocycles. The van der Waals surface area contributed by atoms with Gasteiger partial charge in [0.25, 0.3) is 5.91 Å². The van der Waals surface area contributed by atoms with Crippen molar-refractivity contribution in [3.8, 4) is 0 Å². The average molecular weight is 276 g/mol. The number of anilines is 1. The summed E-state index contributed by atoms with van der Waals surface area (Å²) in [7, 11) is 0. The van der Waals surface area contributed by atoms with Crippen molar-refractivity contribution in [2.24, 2.45) is 0 Å². The zero-order valence-corrected chi connectivity index (χ0v) is 11.5. The molecule has 6 heteroatoms. The highest BCUT2D eigenvalue weighted by atomic mass is 16.5. The largest absolute Gasteiger partial charge is 0.376 e. The van der Waals surface area contributed by atoms with Gasteiger partial charge in [-0.25, -0.2) is 0 Å². The Kier molecular flexibility index (Phi) is 4.11. The van der Waals surface area contributed by atoms with Crippen LogP contribution in [0.3, 0.4) is 0 Å². The van der Waals surface area contributed by atoms with E-state index in [-0.39, 0.29) is 12.0 Å². The molecule has 0 aromatic carbocycles. The van der Waals surface area contributed by atoms with Gasteiger partial charge in [0.1, 0.15) is 0 Å². The number of nitrogens with zero attached hydrogens (tertiary/aromatic N) is 3. The lowest BCUT2D eigenvalue weighted by Gasteiger charge is -2.15. The summed E-state index contributed by atoms with van der Waals surface area (Å²) in [5.41, 5.74) is 0.367. The van der Waals surface area contributed by atoms with E-state index in [0.29, 0.717) is 12.2 Å². The van der Waals surface area contributed by atoms with Gasteiger partial charge in [-0.3, -0.25) is 4.79 Å². The molecule has 1 atom stereocenters. The highest BCUT2D eigenvalue weighted by molar-refractivity contribution is 5.92. The zero-order valence-electron chi connectivity index (χ0n) is 11.5. The molecule has 0 aliphatic carbocycles. The van der Waals surface area contributed by atoms with E-state index in [1.54, 1.807) is 6.07 Å². The number of aromatic nitrogens is 2. The van der Waals surface area contributed by atoms with Crippen LogP contribution in [0.5, 0.6) is 0 Å². The summed E-state index contributed by atoms with van der Waals surface area (Å²) in [6, 6.07) is 3.62. The fraction of sp³-hybridized carbons (Fsp3) is 0.643. The third-order valence-corrected chi connectivity index (χ3v) is 3.83. The number of hydrogen-bond acceptors (Lipinski definition) is 5. The van der Waals surface area contributed by atoms with Gasteiger partial charge < -0.3 is 15.0 Å². The average Bonchev–Trinajstić information content (AvgIpc) is 3.18. The summed E-state index contributed by atoms with van der Waals surface area (Å²) in [4.78, 5) is 14.1. The number of amides is 1. The summed E-state index contributed by atoms with van der Waals surface area (Å²) >= 11 is 0. The molecular weight excluding hydrogens is 256 g/mol. The van der Waals surface area contributed by atoms with Crippen LogP contribution < -0.4 is 10.2 Å². The van der Waals surface area contributed by atoms with Crippen molar-refractivity contribution in [1.29, 1.82) is 0 Å². The second-order valence-electron chi connectivity index (χ2n) is 5.32. The first kappa shape index (κ1) is 13.3. The van der Waals surface area contributed by atoms with Crippen molar-refractivity contribution in [2.75, 3.05) is 31.1 Å². The molecule has 108 valence electrons. The molecule has 2 saturated heterocycles. The lowest BCUT2D eigenvalue weighted by Crippen LogP contribution is -2.32. The lowest BCUT2D eigenvalue weighted by molar-refractivity contribution is 0.0853. The number of carbonyl (C=O) groups excluding carboxylic acids is 1. The Morgan fingerprint density at radius 3 is 2.80 bits per heavy atom. The molecule has 0 bridgehead atoms. The summed E-state index contributed by atoms with van der Waals surface area (Å²) in [5, 5.41) is 11.0. The Bertz CT molecular complexity index is 451. The Morgan fingerprint density at radius 1 is 1.30 bits per heavy atom. The summed E-state index contributed by atoms with van der Waals surface area (Å²) in [5.74, 6) is 0.680. The molecule has 3 heterocycles. The molecule has 3 rings (SSSR count). The quantitative estimate of drug-likeness (QED) is 0.888. The molecule has 6 nitrogen and oxygen atoms in total. The van der Waals surface area contributed by atoms with Crippen LogP contribution in [0.15, 0.2) is 12.1 Å². The highest BCUT2D eigenvalue weighted by Crippen LogP contribution is 2.16. The number of rotatable bonds is 4. The molecule has 1 aromatic rings.